The number of rotatable bonds is 3. The Kier molecular flexibility index (Phi) is 4.73. The molecule has 1 atom stereocenters. The van der Waals surface area contributed by atoms with Gasteiger partial charge in [-0.1, -0.05) is 22.9 Å². The molecule has 0 aliphatic carbocycles. The standard InChI is InChI=1S/C11H14BrFN2O/c1-3-7(2)14-11(16)15-10-5-4-8(12)6-9(10)13/h4-7H,3H2,1-2H3,(H2,14,15,16). The summed E-state index contributed by atoms with van der Waals surface area (Å²) < 4.78 is 14.0. The largest absolute Gasteiger partial charge is 0.335 e. The van der Waals surface area contributed by atoms with Crippen molar-refractivity contribution in [3.8, 4) is 0 Å². The molecule has 0 bridgehead atoms. The molecule has 1 aromatic rings. The minimum absolute atomic E-state index is 0.0681. The summed E-state index contributed by atoms with van der Waals surface area (Å²) in [5.41, 5.74) is 0.170. The molecule has 0 radical (unpaired) electrons. The van der Waals surface area contributed by atoms with Crippen molar-refractivity contribution in [2.45, 2.75) is 26.3 Å². The van der Waals surface area contributed by atoms with Gasteiger partial charge in [-0.2, -0.15) is 0 Å². The van der Waals surface area contributed by atoms with Crippen molar-refractivity contribution in [3.63, 3.8) is 0 Å². The summed E-state index contributed by atoms with van der Waals surface area (Å²) in [5.74, 6) is -0.464. The van der Waals surface area contributed by atoms with Gasteiger partial charge in [-0.3, -0.25) is 0 Å². The Balaban J connectivity index is 2.63. The molecule has 0 aliphatic heterocycles. The van der Waals surface area contributed by atoms with Crippen LogP contribution < -0.4 is 10.6 Å². The molecule has 3 nitrogen and oxygen atoms in total. The van der Waals surface area contributed by atoms with Crippen LogP contribution in [0.2, 0.25) is 0 Å². The maximum absolute atomic E-state index is 13.4. The first-order valence-corrected chi connectivity index (χ1v) is 5.84. The van der Waals surface area contributed by atoms with Gasteiger partial charge in [0.2, 0.25) is 0 Å². The van der Waals surface area contributed by atoms with Crippen molar-refractivity contribution >= 4 is 27.6 Å². The second kappa shape index (κ2) is 5.84. The van der Waals surface area contributed by atoms with Gasteiger partial charge in [-0.25, -0.2) is 9.18 Å². The lowest BCUT2D eigenvalue weighted by Gasteiger charge is -2.12. The zero-order valence-corrected chi connectivity index (χ0v) is 10.8. The van der Waals surface area contributed by atoms with Gasteiger partial charge in [0.15, 0.2) is 0 Å². The van der Waals surface area contributed by atoms with E-state index in [1.54, 1.807) is 6.07 Å². The molecule has 1 aromatic carbocycles. The molecule has 2 amide bonds. The van der Waals surface area contributed by atoms with Gasteiger partial charge in [0.25, 0.3) is 0 Å². The molecule has 0 spiro atoms. The molecule has 5 heteroatoms. The lowest BCUT2D eigenvalue weighted by Crippen LogP contribution is -2.35. The summed E-state index contributed by atoms with van der Waals surface area (Å²) in [6.07, 6.45) is 0.830. The van der Waals surface area contributed by atoms with Gasteiger partial charge in [-0.05, 0) is 31.5 Å². The fourth-order valence-electron chi connectivity index (χ4n) is 1.08. The summed E-state index contributed by atoms with van der Waals surface area (Å²) in [6.45, 7) is 3.85. The van der Waals surface area contributed by atoms with Crippen LogP contribution in [0.1, 0.15) is 20.3 Å². The monoisotopic (exact) mass is 288 g/mol. The van der Waals surface area contributed by atoms with E-state index in [2.05, 4.69) is 26.6 Å². The summed E-state index contributed by atoms with van der Waals surface area (Å²) >= 11 is 3.15. The predicted octanol–water partition coefficient (Wildman–Crippen LogP) is 3.51. The topological polar surface area (TPSA) is 41.1 Å². The highest BCUT2D eigenvalue weighted by Crippen LogP contribution is 2.19. The predicted molar refractivity (Wildman–Crippen MR) is 66.0 cm³/mol. The second-order valence-corrected chi connectivity index (χ2v) is 4.45. The van der Waals surface area contributed by atoms with E-state index in [4.69, 9.17) is 0 Å². The lowest BCUT2D eigenvalue weighted by atomic mass is 10.3. The summed E-state index contributed by atoms with van der Waals surface area (Å²) in [4.78, 5) is 11.4. The van der Waals surface area contributed by atoms with E-state index in [1.165, 1.54) is 12.1 Å². The fraction of sp³-hybridized carbons (Fsp3) is 0.364. The summed E-state index contributed by atoms with van der Waals surface area (Å²) in [5, 5.41) is 5.15. The molecule has 0 heterocycles. The number of hydrogen-bond donors (Lipinski definition) is 2. The number of carbonyl (C=O) groups is 1. The Labute approximate surface area is 103 Å². The number of halogens is 2. The highest BCUT2D eigenvalue weighted by atomic mass is 79.9. The highest BCUT2D eigenvalue weighted by molar-refractivity contribution is 9.10. The Morgan fingerprint density at radius 1 is 1.56 bits per heavy atom. The van der Waals surface area contributed by atoms with Crippen LogP contribution in [0.25, 0.3) is 0 Å². The van der Waals surface area contributed by atoms with Crippen molar-refractivity contribution < 1.29 is 9.18 Å². The first-order chi connectivity index (χ1) is 7.52. The second-order valence-electron chi connectivity index (χ2n) is 3.53. The van der Waals surface area contributed by atoms with Gasteiger partial charge in [0.05, 0.1) is 5.69 Å². The molecule has 1 rings (SSSR count). The van der Waals surface area contributed by atoms with E-state index in [0.717, 1.165) is 6.42 Å². The smallest absolute Gasteiger partial charge is 0.319 e. The molecule has 2 N–H and O–H groups in total. The lowest BCUT2D eigenvalue weighted by molar-refractivity contribution is 0.249. The van der Waals surface area contributed by atoms with Crippen molar-refractivity contribution in [2.75, 3.05) is 5.32 Å². The molecule has 0 aromatic heterocycles. The van der Waals surface area contributed by atoms with Crippen molar-refractivity contribution in [3.05, 3.63) is 28.5 Å². The van der Waals surface area contributed by atoms with Crippen molar-refractivity contribution in [1.29, 1.82) is 0 Å². The Morgan fingerprint density at radius 2 is 2.25 bits per heavy atom. The third-order valence-electron chi connectivity index (χ3n) is 2.17. The van der Waals surface area contributed by atoms with E-state index in [0.29, 0.717) is 4.47 Å². The van der Waals surface area contributed by atoms with Crippen LogP contribution in [0.3, 0.4) is 0 Å². The van der Waals surface area contributed by atoms with E-state index >= 15 is 0 Å². The van der Waals surface area contributed by atoms with Crippen LogP contribution in [0.15, 0.2) is 22.7 Å². The molecule has 0 saturated heterocycles. The Bertz CT molecular complexity index is 384. The van der Waals surface area contributed by atoms with E-state index in [1.807, 2.05) is 13.8 Å². The van der Waals surface area contributed by atoms with Crippen LogP contribution >= 0.6 is 15.9 Å². The SMILES string of the molecule is CCC(C)NC(=O)Nc1ccc(Br)cc1F. The van der Waals surface area contributed by atoms with Gasteiger partial charge in [0, 0.05) is 10.5 Å². The molecule has 1 unspecified atom stereocenters. The molecule has 88 valence electrons. The van der Waals surface area contributed by atoms with E-state index in [9.17, 15) is 9.18 Å². The van der Waals surface area contributed by atoms with Crippen LogP contribution in [0, 0.1) is 5.82 Å². The number of urea groups is 1. The third kappa shape index (κ3) is 3.81. The average Bonchev–Trinajstić information content (AvgIpc) is 2.22. The minimum Gasteiger partial charge on any atom is -0.335 e. The van der Waals surface area contributed by atoms with Gasteiger partial charge in [0.1, 0.15) is 5.82 Å². The molecule has 0 saturated carbocycles. The maximum atomic E-state index is 13.4. The summed E-state index contributed by atoms with van der Waals surface area (Å²) in [6, 6.07) is 4.16. The number of benzene rings is 1. The normalized spacial score (nSPS) is 12.0. The average molecular weight is 289 g/mol. The minimum atomic E-state index is -0.464. The first kappa shape index (κ1) is 13.0. The van der Waals surface area contributed by atoms with E-state index in [-0.39, 0.29) is 11.7 Å². The third-order valence-corrected chi connectivity index (χ3v) is 2.66. The first-order valence-electron chi connectivity index (χ1n) is 5.05. The Hall–Kier alpha value is -1.10. The molecule has 0 aliphatic rings. The van der Waals surface area contributed by atoms with Gasteiger partial charge in [-0.15, -0.1) is 0 Å². The zero-order chi connectivity index (χ0) is 12.1. The molecular formula is C11H14BrFN2O. The number of nitrogens with one attached hydrogen (secondary N) is 2. The fourth-order valence-corrected chi connectivity index (χ4v) is 1.41. The number of hydrogen-bond acceptors (Lipinski definition) is 1. The van der Waals surface area contributed by atoms with Gasteiger partial charge >= 0.3 is 6.03 Å². The summed E-state index contributed by atoms with van der Waals surface area (Å²) in [7, 11) is 0. The number of anilines is 1. The van der Waals surface area contributed by atoms with Crippen LogP contribution in [-0.4, -0.2) is 12.1 Å². The zero-order valence-electron chi connectivity index (χ0n) is 9.18. The number of amides is 2. The quantitative estimate of drug-likeness (QED) is 0.878. The molecule has 0 fully saturated rings. The van der Waals surface area contributed by atoms with Gasteiger partial charge < -0.3 is 10.6 Å². The van der Waals surface area contributed by atoms with E-state index < -0.39 is 11.8 Å². The molecule has 16 heavy (non-hydrogen) atoms. The van der Waals surface area contributed by atoms with Crippen LogP contribution in [0.5, 0.6) is 0 Å². The highest BCUT2D eigenvalue weighted by Gasteiger charge is 2.08. The van der Waals surface area contributed by atoms with Crippen LogP contribution in [-0.2, 0) is 0 Å². The van der Waals surface area contributed by atoms with Crippen molar-refractivity contribution in [2.24, 2.45) is 0 Å². The molecular weight excluding hydrogens is 275 g/mol. The maximum Gasteiger partial charge on any atom is 0.319 e. The number of carbonyl (C=O) groups excluding carboxylic acids is 1. The van der Waals surface area contributed by atoms with Crippen LogP contribution in [0.4, 0.5) is 14.9 Å². The van der Waals surface area contributed by atoms with Crippen molar-refractivity contribution in [1.82, 2.24) is 5.32 Å². The Morgan fingerprint density at radius 3 is 2.81 bits per heavy atom.